The summed E-state index contributed by atoms with van der Waals surface area (Å²) in [5.41, 5.74) is 0.907. The third kappa shape index (κ3) is 6.49. The van der Waals surface area contributed by atoms with Gasteiger partial charge in [0.2, 0.25) is 0 Å². The Bertz CT molecular complexity index is 362. The second-order valence-corrected chi connectivity index (χ2v) is 5.33. The Hall–Kier alpha value is -0.460. The molecule has 0 saturated carbocycles. The van der Waals surface area contributed by atoms with Crippen molar-refractivity contribution in [3.05, 3.63) is 34.3 Å². The second kappa shape index (κ2) is 9.44. The van der Waals surface area contributed by atoms with Crippen LogP contribution in [0.1, 0.15) is 18.1 Å². The number of benzene rings is 1. The maximum Gasteiger partial charge on any atom is 0.0802 e. The van der Waals surface area contributed by atoms with Crippen molar-refractivity contribution in [1.29, 1.82) is 0 Å². The molecule has 4 nitrogen and oxygen atoms in total. The molecule has 0 aromatic heterocycles. The molecule has 1 aromatic rings. The Labute approximate surface area is 123 Å². The fraction of sp³-hybridized carbons (Fsp3) is 0.571. The van der Waals surface area contributed by atoms with Crippen molar-refractivity contribution >= 4 is 15.9 Å². The summed E-state index contributed by atoms with van der Waals surface area (Å²) in [6.45, 7) is 2.86. The van der Waals surface area contributed by atoms with Crippen LogP contribution < -0.4 is 0 Å². The molecule has 1 unspecified atom stereocenters. The molecular weight excluding hydrogens is 310 g/mol. The fourth-order valence-electron chi connectivity index (χ4n) is 1.88. The quantitative estimate of drug-likeness (QED) is 0.724. The molecule has 0 heterocycles. The molecule has 1 atom stereocenters. The van der Waals surface area contributed by atoms with Crippen molar-refractivity contribution in [2.24, 2.45) is 0 Å². The van der Waals surface area contributed by atoms with Gasteiger partial charge in [-0.3, -0.25) is 4.90 Å². The molecule has 108 valence electrons. The highest BCUT2D eigenvalue weighted by Gasteiger charge is 2.11. The third-order valence-electron chi connectivity index (χ3n) is 2.98. The van der Waals surface area contributed by atoms with E-state index in [0.717, 1.165) is 23.1 Å². The summed E-state index contributed by atoms with van der Waals surface area (Å²) in [5, 5.41) is 19.1. The molecule has 0 aliphatic heterocycles. The number of nitrogens with zero attached hydrogens (tertiary/aromatic N) is 1. The molecule has 0 aliphatic carbocycles. The van der Waals surface area contributed by atoms with Crippen molar-refractivity contribution in [3.63, 3.8) is 0 Å². The first-order valence-corrected chi connectivity index (χ1v) is 7.22. The Morgan fingerprint density at radius 1 is 1.32 bits per heavy atom. The number of aliphatic hydroxyl groups is 2. The van der Waals surface area contributed by atoms with Crippen LogP contribution in [0.25, 0.3) is 0 Å². The zero-order valence-corrected chi connectivity index (χ0v) is 12.8. The van der Waals surface area contributed by atoms with Gasteiger partial charge in [0, 0.05) is 31.2 Å². The van der Waals surface area contributed by atoms with Gasteiger partial charge in [-0.2, -0.15) is 0 Å². The summed E-state index contributed by atoms with van der Waals surface area (Å²) in [4.78, 5) is 2.09. The lowest BCUT2D eigenvalue weighted by Gasteiger charge is -2.22. The molecule has 19 heavy (non-hydrogen) atoms. The SMILES string of the molecule is COCCN(CCO)CCC(O)c1cccc(Br)c1. The van der Waals surface area contributed by atoms with Crippen molar-refractivity contribution in [2.75, 3.05) is 40.0 Å². The molecule has 2 N–H and O–H groups in total. The average Bonchev–Trinajstić information content (AvgIpc) is 2.41. The summed E-state index contributed by atoms with van der Waals surface area (Å²) < 4.78 is 6.00. The van der Waals surface area contributed by atoms with Crippen molar-refractivity contribution in [1.82, 2.24) is 4.90 Å². The van der Waals surface area contributed by atoms with E-state index >= 15 is 0 Å². The number of rotatable bonds is 9. The van der Waals surface area contributed by atoms with Gasteiger partial charge in [-0.15, -0.1) is 0 Å². The van der Waals surface area contributed by atoms with Crippen LogP contribution in [-0.4, -0.2) is 55.1 Å². The van der Waals surface area contributed by atoms with Crippen LogP contribution in [0.15, 0.2) is 28.7 Å². The molecule has 0 bridgehead atoms. The number of hydrogen-bond donors (Lipinski definition) is 2. The van der Waals surface area contributed by atoms with Crippen molar-refractivity contribution < 1.29 is 14.9 Å². The van der Waals surface area contributed by atoms with Gasteiger partial charge in [0.15, 0.2) is 0 Å². The van der Waals surface area contributed by atoms with Crippen LogP contribution >= 0.6 is 15.9 Å². The monoisotopic (exact) mass is 331 g/mol. The maximum absolute atomic E-state index is 10.1. The summed E-state index contributed by atoms with van der Waals surface area (Å²) in [6, 6.07) is 7.70. The lowest BCUT2D eigenvalue weighted by molar-refractivity contribution is 0.105. The second-order valence-electron chi connectivity index (χ2n) is 4.42. The number of ether oxygens (including phenoxy) is 1. The number of hydrogen-bond acceptors (Lipinski definition) is 4. The summed E-state index contributed by atoms with van der Waals surface area (Å²) >= 11 is 3.40. The Morgan fingerprint density at radius 2 is 2.11 bits per heavy atom. The first-order chi connectivity index (χ1) is 9.17. The molecule has 1 rings (SSSR count). The van der Waals surface area contributed by atoms with E-state index in [1.165, 1.54) is 0 Å². The van der Waals surface area contributed by atoms with Crippen molar-refractivity contribution in [3.8, 4) is 0 Å². The zero-order valence-electron chi connectivity index (χ0n) is 11.3. The van der Waals surface area contributed by atoms with Gasteiger partial charge in [0.05, 0.1) is 19.3 Å². The largest absolute Gasteiger partial charge is 0.395 e. The van der Waals surface area contributed by atoms with Crippen LogP contribution in [0.3, 0.4) is 0 Å². The van der Waals surface area contributed by atoms with E-state index in [9.17, 15) is 5.11 Å². The average molecular weight is 332 g/mol. The van der Waals surface area contributed by atoms with Gasteiger partial charge in [-0.1, -0.05) is 28.1 Å². The number of methoxy groups -OCH3 is 1. The predicted molar refractivity (Wildman–Crippen MR) is 79.1 cm³/mol. The minimum Gasteiger partial charge on any atom is -0.395 e. The molecule has 0 amide bonds. The van der Waals surface area contributed by atoms with Gasteiger partial charge >= 0.3 is 0 Å². The minimum atomic E-state index is -0.485. The summed E-state index contributed by atoms with van der Waals surface area (Å²) in [7, 11) is 1.66. The van der Waals surface area contributed by atoms with E-state index in [1.807, 2.05) is 24.3 Å². The standard InChI is InChI=1S/C14H22BrNO3/c1-19-10-8-16(7-9-17)6-5-14(18)12-3-2-4-13(15)11-12/h2-4,11,14,17-18H,5-10H2,1H3. The molecular formula is C14H22BrNO3. The molecule has 1 aromatic carbocycles. The highest BCUT2D eigenvalue weighted by atomic mass is 79.9. The first kappa shape index (κ1) is 16.6. The normalized spacial score (nSPS) is 12.9. The first-order valence-electron chi connectivity index (χ1n) is 6.43. The molecule has 0 saturated heterocycles. The Kier molecular flexibility index (Phi) is 8.25. The van der Waals surface area contributed by atoms with Crippen molar-refractivity contribution in [2.45, 2.75) is 12.5 Å². The van der Waals surface area contributed by atoms with E-state index in [1.54, 1.807) is 7.11 Å². The van der Waals surface area contributed by atoms with Crippen LogP contribution in [0.2, 0.25) is 0 Å². The van der Waals surface area contributed by atoms with Gasteiger partial charge < -0.3 is 14.9 Å². The van der Waals surface area contributed by atoms with E-state index in [2.05, 4.69) is 20.8 Å². The lowest BCUT2D eigenvalue weighted by Crippen LogP contribution is -2.32. The lowest BCUT2D eigenvalue weighted by atomic mass is 10.1. The van der Waals surface area contributed by atoms with E-state index in [-0.39, 0.29) is 6.61 Å². The Balaban J connectivity index is 2.44. The molecule has 0 aliphatic rings. The van der Waals surface area contributed by atoms with Crippen LogP contribution in [-0.2, 0) is 4.74 Å². The molecule has 0 radical (unpaired) electrons. The Morgan fingerprint density at radius 3 is 2.74 bits per heavy atom. The summed E-state index contributed by atoms with van der Waals surface area (Å²) in [5.74, 6) is 0. The molecule has 5 heteroatoms. The van der Waals surface area contributed by atoms with Gasteiger partial charge in [-0.05, 0) is 24.1 Å². The highest BCUT2D eigenvalue weighted by molar-refractivity contribution is 9.10. The predicted octanol–water partition coefficient (Wildman–Crippen LogP) is 1.81. The molecule has 0 spiro atoms. The maximum atomic E-state index is 10.1. The summed E-state index contributed by atoms with van der Waals surface area (Å²) in [6.07, 6.45) is 0.154. The van der Waals surface area contributed by atoms with E-state index in [4.69, 9.17) is 9.84 Å². The number of halogens is 1. The van der Waals surface area contributed by atoms with Gasteiger partial charge in [-0.25, -0.2) is 0 Å². The van der Waals surface area contributed by atoms with Gasteiger partial charge in [0.25, 0.3) is 0 Å². The van der Waals surface area contributed by atoms with Crippen LogP contribution in [0.4, 0.5) is 0 Å². The fourth-order valence-corrected chi connectivity index (χ4v) is 2.30. The van der Waals surface area contributed by atoms with Crippen LogP contribution in [0.5, 0.6) is 0 Å². The molecule has 0 fully saturated rings. The number of aliphatic hydroxyl groups excluding tert-OH is 2. The highest BCUT2D eigenvalue weighted by Crippen LogP contribution is 2.20. The third-order valence-corrected chi connectivity index (χ3v) is 3.47. The van der Waals surface area contributed by atoms with Gasteiger partial charge in [0.1, 0.15) is 0 Å². The smallest absolute Gasteiger partial charge is 0.0802 e. The minimum absolute atomic E-state index is 0.122. The van der Waals surface area contributed by atoms with E-state index in [0.29, 0.717) is 19.6 Å². The van der Waals surface area contributed by atoms with E-state index < -0.39 is 6.10 Å². The zero-order chi connectivity index (χ0) is 14.1. The topological polar surface area (TPSA) is 52.9 Å². The van der Waals surface area contributed by atoms with Crippen LogP contribution in [0, 0.1) is 0 Å².